The average Bonchev–Trinajstić information content (AvgIpc) is 3.53. The van der Waals surface area contributed by atoms with Crippen molar-refractivity contribution in [2.24, 2.45) is 5.92 Å². The van der Waals surface area contributed by atoms with Gasteiger partial charge in [0, 0.05) is 31.3 Å². The lowest BCUT2D eigenvalue weighted by Crippen LogP contribution is -2.29. The Labute approximate surface area is 238 Å². The van der Waals surface area contributed by atoms with E-state index in [9.17, 15) is 18.3 Å². The summed E-state index contributed by atoms with van der Waals surface area (Å²) < 4.78 is 34.9. The van der Waals surface area contributed by atoms with Crippen LogP contribution in [-0.4, -0.2) is 61.6 Å². The van der Waals surface area contributed by atoms with Gasteiger partial charge >= 0.3 is 6.09 Å². The number of aryl methyl sites for hydroxylation is 1. The molecule has 4 aromatic rings. The Kier molecular flexibility index (Phi) is 7.51. The number of hydrogen-bond donors (Lipinski definition) is 3. The SMILES string of the molecule is Cc1ccc(S(=O)(=O)n2ccc3c(NC(C)C4CC4)nc(Nc4cc(CCO)n(C(=O)OC(C)(C)C)n4)nc32)cc1. The summed E-state index contributed by atoms with van der Waals surface area (Å²) in [4.78, 5) is 22.1. The maximum absolute atomic E-state index is 13.6. The lowest BCUT2D eigenvalue weighted by atomic mass is 10.2. The van der Waals surface area contributed by atoms with Crippen molar-refractivity contribution >= 4 is 44.7 Å². The summed E-state index contributed by atoms with van der Waals surface area (Å²) in [6.07, 6.45) is 3.18. The number of hydrogen-bond acceptors (Lipinski definition) is 10. The average molecular weight is 582 g/mol. The van der Waals surface area contributed by atoms with E-state index in [2.05, 4.69) is 32.6 Å². The minimum Gasteiger partial charge on any atom is -0.442 e. The van der Waals surface area contributed by atoms with Gasteiger partial charge < -0.3 is 20.5 Å². The second kappa shape index (κ2) is 10.8. The molecule has 12 nitrogen and oxygen atoms in total. The monoisotopic (exact) mass is 581 g/mol. The van der Waals surface area contributed by atoms with E-state index in [1.165, 1.54) is 6.20 Å². The standard InChI is InChI=1S/C28H35N7O5S/c1-17-6-10-21(11-7-17)41(38,39)34-14-12-22-24(29-18(2)19-8-9-19)31-26(32-25(22)34)30-23-16-20(13-15-36)35(33-23)27(37)40-28(3,4)5/h6-7,10-12,14,16,18-19,36H,8-9,13,15H2,1-5H3,(H2,29,30,31,32,33). The number of nitrogens with one attached hydrogen (secondary N) is 2. The first-order chi connectivity index (χ1) is 19.4. The molecule has 1 aliphatic carbocycles. The molecule has 3 N–H and O–H groups in total. The fourth-order valence-corrected chi connectivity index (χ4v) is 5.75. The van der Waals surface area contributed by atoms with Crippen LogP contribution in [-0.2, 0) is 21.2 Å². The molecule has 0 spiro atoms. The van der Waals surface area contributed by atoms with Crippen LogP contribution in [0.1, 0.15) is 51.8 Å². The highest BCUT2D eigenvalue weighted by molar-refractivity contribution is 7.90. The Bertz CT molecular complexity index is 1680. The summed E-state index contributed by atoms with van der Waals surface area (Å²) in [5.74, 6) is 1.32. The van der Waals surface area contributed by atoms with E-state index in [1.54, 1.807) is 57.2 Å². The van der Waals surface area contributed by atoms with E-state index in [0.717, 1.165) is 27.1 Å². The summed E-state index contributed by atoms with van der Waals surface area (Å²) in [5.41, 5.74) is 0.822. The molecule has 0 amide bonds. The van der Waals surface area contributed by atoms with E-state index < -0.39 is 21.7 Å². The fourth-order valence-electron chi connectivity index (χ4n) is 4.46. The van der Waals surface area contributed by atoms with Crippen molar-refractivity contribution in [3.63, 3.8) is 0 Å². The third-order valence-electron chi connectivity index (χ3n) is 6.74. The number of fused-ring (bicyclic) bond motifs is 1. The van der Waals surface area contributed by atoms with Gasteiger partial charge in [-0.25, -0.2) is 17.2 Å². The van der Waals surface area contributed by atoms with Crippen LogP contribution in [0.5, 0.6) is 0 Å². The van der Waals surface area contributed by atoms with Crippen LogP contribution in [0.4, 0.5) is 22.4 Å². The molecule has 1 aromatic carbocycles. The van der Waals surface area contributed by atoms with Crippen molar-refractivity contribution in [1.29, 1.82) is 0 Å². The van der Waals surface area contributed by atoms with E-state index >= 15 is 0 Å². The van der Waals surface area contributed by atoms with Crippen molar-refractivity contribution in [2.45, 2.75) is 70.4 Å². The van der Waals surface area contributed by atoms with Crippen LogP contribution in [0.15, 0.2) is 47.5 Å². The largest absolute Gasteiger partial charge is 0.442 e. The number of aromatic nitrogens is 5. The van der Waals surface area contributed by atoms with Crippen LogP contribution < -0.4 is 10.6 Å². The van der Waals surface area contributed by atoms with Gasteiger partial charge in [-0.3, -0.25) is 0 Å². The highest BCUT2D eigenvalue weighted by Crippen LogP contribution is 2.35. The van der Waals surface area contributed by atoms with Gasteiger partial charge in [0.15, 0.2) is 11.5 Å². The van der Waals surface area contributed by atoms with Crippen LogP contribution in [0.3, 0.4) is 0 Å². The second-order valence-electron chi connectivity index (χ2n) is 11.3. The molecule has 0 saturated heterocycles. The summed E-state index contributed by atoms with van der Waals surface area (Å²) >= 11 is 0. The van der Waals surface area contributed by atoms with E-state index in [4.69, 9.17) is 4.74 Å². The van der Waals surface area contributed by atoms with E-state index in [1.807, 2.05) is 6.92 Å². The molecule has 0 bridgehead atoms. The lowest BCUT2D eigenvalue weighted by Gasteiger charge is -2.19. The van der Waals surface area contributed by atoms with Gasteiger partial charge in [-0.05, 0) is 71.6 Å². The summed E-state index contributed by atoms with van der Waals surface area (Å²) in [6, 6.07) is 10.0. The number of ether oxygens (including phenoxy) is 1. The Balaban J connectivity index is 1.57. The molecule has 41 heavy (non-hydrogen) atoms. The lowest BCUT2D eigenvalue weighted by molar-refractivity contribution is 0.0509. The van der Waals surface area contributed by atoms with Crippen molar-refractivity contribution in [2.75, 3.05) is 17.2 Å². The van der Waals surface area contributed by atoms with E-state index in [0.29, 0.717) is 22.8 Å². The molecule has 0 aliphatic heterocycles. The number of nitrogens with zero attached hydrogens (tertiary/aromatic N) is 5. The molecule has 1 atom stereocenters. The number of anilines is 3. The topological polar surface area (TPSA) is 153 Å². The Hall–Kier alpha value is -3.97. The second-order valence-corrected chi connectivity index (χ2v) is 13.2. The highest BCUT2D eigenvalue weighted by atomic mass is 32.2. The Morgan fingerprint density at radius 1 is 1.17 bits per heavy atom. The Morgan fingerprint density at radius 3 is 2.51 bits per heavy atom. The van der Waals surface area contributed by atoms with Gasteiger partial charge in [-0.2, -0.15) is 14.6 Å². The third-order valence-corrected chi connectivity index (χ3v) is 8.42. The van der Waals surface area contributed by atoms with Gasteiger partial charge in [0.1, 0.15) is 11.4 Å². The van der Waals surface area contributed by atoms with Crippen LogP contribution in [0.25, 0.3) is 11.0 Å². The van der Waals surface area contributed by atoms with Gasteiger partial charge in [0.05, 0.1) is 16.0 Å². The molecule has 1 aliphatic rings. The van der Waals surface area contributed by atoms with Crippen LogP contribution in [0.2, 0.25) is 0 Å². The van der Waals surface area contributed by atoms with Crippen LogP contribution in [0, 0.1) is 12.8 Å². The molecule has 218 valence electrons. The fraction of sp³-hybridized carbons (Fsp3) is 0.429. The molecule has 1 fully saturated rings. The third kappa shape index (κ3) is 6.20. The summed E-state index contributed by atoms with van der Waals surface area (Å²) in [5, 5.41) is 20.9. The van der Waals surface area contributed by atoms with Crippen molar-refractivity contribution in [3.05, 3.63) is 53.9 Å². The first-order valence-electron chi connectivity index (χ1n) is 13.5. The van der Waals surface area contributed by atoms with Gasteiger partial charge in [-0.1, -0.05) is 17.7 Å². The minimum atomic E-state index is -3.95. The number of aliphatic hydroxyl groups is 1. The van der Waals surface area contributed by atoms with Gasteiger partial charge in [-0.15, -0.1) is 5.10 Å². The molecular weight excluding hydrogens is 546 g/mol. The summed E-state index contributed by atoms with van der Waals surface area (Å²) in [7, 11) is -3.95. The smallest absolute Gasteiger partial charge is 0.435 e. The molecular formula is C28H35N7O5S. The number of aliphatic hydroxyl groups excluding tert-OH is 1. The molecule has 1 unspecified atom stereocenters. The first-order valence-corrected chi connectivity index (χ1v) is 15.0. The maximum atomic E-state index is 13.6. The minimum absolute atomic E-state index is 0.0893. The molecule has 3 heterocycles. The molecule has 13 heteroatoms. The molecule has 5 rings (SSSR count). The quantitative estimate of drug-likeness (QED) is 0.258. The number of carbonyl (C=O) groups is 1. The van der Waals surface area contributed by atoms with E-state index in [-0.39, 0.29) is 41.4 Å². The predicted molar refractivity (Wildman–Crippen MR) is 155 cm³/mol. The summed E-state index contributed by atoms with van der Waals surface area (Å²) in [6.45, 7) is 9.01. The van der Waals surface area contributed by atoms with Crippen molar-refractivity contribution in [3.8, 4) is 0 Å². The molecule has 0 radical (unpaired) electrons. The zero-order valence-corrected chi connectivity index (χ0v) is 24.6. The van der Waals surface area contributed by atoms with Crippen molar-refractivity contribution in [1.82, 2.24) is 23.7 Å². The highest BCUT2D eigenvalue weighted by Gasteiger charge is 2.30. The zero-order chi connectivity index (χ0) is 29.5. The van der Waals surface area contributed by atoms with Gasteiger partial charge in [0.25, 0.3) is 10.0 Å². The molecule has 1 saturated carbocycles. The zero-order valence-electron chi connectivity index (χ0n) is 23.7. The predicted octanol–water partition coefficient (Wildman–Crippen LogP) is 4.45. The maximum Gasteiger partial charge on any atom is 0.435 e. The molecule has 3 aromatic heterocycles. The van der Waals surface area contributed by atoms with Gasteiger partial charge in [0.2, 0.25) is 5.95 Å². The first kappa shape index (κ1) is 28.6. The Morgan fingerprint density at radius 2 is 1.88 bits per heavy atom. The number of carbonyl (C=O) groups excluding carboxylic acids is 1. The normalized spacial score (nSPS) is 14.7. The van der Waals surface area contributed by atoms with Crippen LogP contribution >= 0.6 is 0 Å². The number of rotatable bonds is 9. The number of benzene rings is 1. The van der Waals surface area contributed by atoms with Crippen molar-refractivity contribution < 1.29 is 23.1 Å².